The summed E-state index contributed by atoms with van der Waals surface area (Å²) < 4.78 is 14.5. The average molecular weight is 317 g/mol. The summed E-state index contributed by atoms with van der Waals surface area (Å²) in [6, 6.07) is 2.22. The molecule has 0 bridgehead atoms. The predicted octanol–water partition coefficient (Wildman–Crippen LogP) is 1.51. The highest BCUT2D eigenvalue weighted by atomic mass is 16.8. The summed E-state index contributed by atoms with van der Waals surface area (Å²) in [4.78, 5) is 8.75. The van der Waals surface area contributed by atoms with Crippen LogP contribution in [0.15, 0.2) is 18.6 Å². The number of rotatable bonds is 3. The number of nitrogens with zero attached hydrogens (tertiary/aromatic N) is 3. The first-order valence-corrected chi connectivity index (χ1v) is 8.09. The summed E-state index contributed by atoms with van der Waals surface area (Å²) in [5.41, 5.74) is 6.89. The van der Waals surface area contributed by atoms with Gasteiger partial charge in [-0.3, -0.25) is 0 Å². The molecule has 0 spiro atoms. The number of hydrogen-bond acceptors (Lipinski definition) is 6. The molecule has 2 aliphatic rings. The van der Waals surface area contributed by atoms with Gasteiger partial charge in [0.05, 0.1) is 17.5 Å². The highest BCUT2D eigenvalue weighted by Gasteiger charge is 2.54. The Morgan fingerprint density at radius 1 is 1.35 bits per heavy atom. The number of fused-ring (bicyclic) bond motifs is 2. The van der Waals surface area contributed by atoms with Crippen molar-refractivity contribution in [3.05, 3.63) is 18.6 Å². The molecule has 0 unspecified atom stereocenters. The van der Waals surface area contributed by atoms with Crippen LogP contribution in [0, 0.1) is 5.92 Å². The molecule has 2 fully saturated rings. The maximum atomic E-state index is 6.19. The molecule has 1 saturated heterocycles. The lowest BCUT2D eigenvalue weighted by molar-refractivity contribution is -0.159. The Hall–Kier alpha value is -1.70. The third-order valence-electron chi connectivity index (χ3n) is 4.96. The van der Waals surface area contributed by atoms with E-state index in [9.17, 15) is 0 Å². The Labute approximate surface area is 135 Å². The molecule has 2 aromatic rings. The Balaban J connectivity index is 1.76. The van der Waals surface area contributed by atoms with Gasteiger partial charge >= 0.3 is 0 Å². The summed E-state index contributed by atoms with van der Waals surface area (Å²) in [5.74, 6) is 0.576. The van der Waals surface area contributed by atoms with Crippen molar-refractivity contribution in [1.82, 2.24) is 14.5 Å². The highest BCUT2D eigenvalue weighted by Crippen LogP contribution is 2.47. The summed E-state index contributed by atoms with van der Waals surface area (Å²) >= 11 is 0. The van der Waals surface area contributed by atoms with Gasteiger partial charge in [-0.05, 0) is 32.9 Å². The van der Waals surface area contributed by atoms with Crippen molar-refractivity contribution in [2.24, 2.45) is 11.7 Å². The standard InChI is InChI=1S/C16H23N5O2/c1-16(2)22-12-9(7-17)6-11(13(12)23-16)21-5-4-10-14(18-3)19-8-20-15(10)21/h4-5,8-9,11-13H,6-7,17H2,1-3H3,(H,18,19,20)/t9-,11-,12-,13+/m1/s1. The summed E-state index contributed by atoms with van der Waals surface area (Å²) in [7, 11) is 1.87. The fraction of sp³-hybridized carbons (Fsp3) is 0.625. The maximum Gasteiger partial charge on any atom is 0.163 e. The molecule has 1 aliphatic carbocycles. The number of nitrogens with two attached hydrogens (primary N) is 1. The minimum Gasteiger partial charge on any atom is -0.372 e. The minimum atomic E-state index is -0.560. The van der Waals surface area contributed by atoms with Crippen molar-refractivity contribution in [1.29, 1.82) is 0 Å². The van der Waals surface area contributed by atoms with Crippen molar-refractivity contribution in [3.8, 4) is 0 Å². The number of anilines is 1. The van der Waals surface area contributed by atoms with Gasteiger partial charge in [0.2, 0.25) is 0 Å². The van der Waals surface area contributed by atoms with E-state index in [1.165, 1.54) is 0 Å². The number of ether oxygens (including phenoxy) is 2. The third kappa shape index (κ3) is 2.22. The fourth-order valence-corrected chi connectivity index (χ4v) is 4.00. The van der Waals surface area contributed by atoms with Crippen LogP contribution < -0.4 is 11.1 Å². The molecule has 7 nitrogen and oxygen atoms in total. The van der Waals surface area contributed by atoms with Crippen LogP contribution in [0.5, 0.6) is 0 Å². The van der Waals surface area contributed by atoms with E-state index >= 15 is 0 Å². The van der Waals surface area contributed by atoms with Gasteiger partial charge in [-0.2, -0.15) is 0 Å². The summed E-state index contributed by atoms with van der Waals surface area (Å²) in [5, 5.41) is 4.13. The van der Waals surface area contributed by atoms with E-state index in [0.717, 1.165) is 23.3 Å². The maximum absolute atomic E-state index is 6.19. The molecule has 0 amide bonds. The zero-order valence-electron chi connectivity index (χ0n) is 13.7. The number of hydrogen-bond donors (Lipinski definition) is 2. The van der Waals surface area contributed by atoms with Crippen molar-refractivity contribution < 1.29 is 9.47 Å². The Morgan fingerprint density at radius 2 is 2.13 bits per heavy atom. The molecule has 0 aromatic carbocycles. The molecule has 3 N–H and O–H groups in total. The SMILES string of the molecule is CNc1ncnc2c1ccn2[C@@H]1C[C@H](CN)[C@H]2OC(C)(C)O[C@H]21. The zero-order chi connectivity index (χ0) is 16.2. The van der Waals surface area contributed by atoms with Crippen molar-refractivity contribution >= 4 is 16.9 Å². The molecule has 3 heterocycles. The summed E-state index contributed by atoms with van der Waals surface area (Å²) in [6.07, 6.45) is 4.64. The molecule has 23 heavy (non-hydrogen) atoms. The number of aromatic nitrogens is 3. The molecule has 1 aliphatic heterocycles. The molecular weight excluding hydrogens is 294 g/mol. The van der Waals surface area contributed by atoms with E-state index in [2.05, 4.69) is 26.0 Å². The average Bonchev–Trinajstić information content (AvgIpc) is 3.17. The van der Waals surface area contributed by atoms with Crippen LogP contribution in [0.4, 0.5) is 5.82 Å². The van der Waals surface area contributed by atoms with Crippen LogP contribution in [-0.4, -0.2) is 46.1 Å². The quantitative estimate of drug-likeness (QED) is 0.892. The minimum absolute atomic E-state index is 0.00199. The molecule has 4 rings (SSSR count). The molecule has 4 atom stereocenters. The predicted molar refractivity (Wildman–Crippen MR) is 87.1 cm³/mol. The van der Waals surface area contributed by atoms with Gasteiger partial charge in [-0.1, -0.05) is 0 Å². The molecule has 0 radical (unpaired) electrons. The van der Waals surface area contributed by atoms with E-state index in [1.807, 2.05) is 27.0 Å². The molecule has 1 saturated carbocycles. The van der Waals surface area contributed by atoms with Crippen LogP contribution in [-0.2, 0) is 9.47 Å². The molecule has 7 heteroatoms. The van der Waals surface area contributed by atoms with E-state index in [-0.39, 0.29) is 18.2 Å². The van der Waals surface area contributed by atoms with Gasteiger partial charge in [0.1, 0.15) is 23.9 Å². The van der Waals surface area contributed by atoms with Crippen LogP contribution >= 0.6 is 0 Å². The van der Waals surface area contributed by atoms with Crippen molar-refractivity contribution in [3.63, 3.8) is 0 Å². The van der Waals surface area contributed by atoms with Crippen LogP contribution in [0.2, 0.25) is 0 Å². The first-order valence-electron chi connectivity index (χ1n) is 8.09. The normalized spacial score (nSPS) is 32.3. The van der Waals surface area contributed by atoms with Gasteiger partial charge in [-0.25, -0.2) is 9.97 Å². The second kappa shape index (κ2) is 5.15. The van der Waals surface area contributed by atoms with Crippen molar-refractivity contribution in [2.45, 2.75) is 44.3 Å². The Morgan fingerprint density at radius 3 is 2.87 bits per heavy atom. The first-order chi connectivity index (χ1) is 11.0. The van der Waals surface area contributed by atoms with E-state index in [1.54, 1.807) is 6.33 Å². The van der Waals surface area contributed by atoms with Gasteiger partial charge in [0.25, 0.3) is 0 Å². The van der Waals surface area contributed by atoms with Crippen molar-refractivity contribution in [2.75, 3.05) is 18.9 Å². The van der Waals surface area contributed by atoms with E-state index in [0.29, 0.717) is 12.5 Å². The van der Waals surface area contributed by atoms with Gasteiger partial charge < -0.3 is 25.1 Å². The molecular formula is C16H23N5O2. The van der Waals surface area contributed by atoms with E-state index in [4.69, 9.17) is 15.2 Å². The Bertz CT molecular complexity index is 728. The first kappa shape index (κ1) is 14.9. The van der Waals surface area contributed by atoms with Crippen LogP contribution in [0.25, 0.3) is 11.0 Å². The lowest BCUT2D eigenvalue weighted by Crippen LogP contribution is -2.29. The second-order valence-corrected chi connectivity index (χ2v) is 6.80. The second-order valence-electron chi connectivity index (χ2n) is 6.80. The highest BCUT2D eigenvalue weighted by molar-refractivity contribution is 5.87. The number of nitrogens with one attached hydrogen (secondary N) is 1. The summed E-state index contributed by atoms with van der Waals surface area (Å²) in [6.45, 7) is 4.53. The lowest BCUT2D eigenvalue weighted by Gasteiger charge is -2.24. The van der Waals surface area contributed by atoms with Gasteiger partial charge in [0, 0.05) is 19.2 Å². The fourth-order valence-electron chi connectivity index (χ4n) is 4.00. The van der Waals surface area contributed by atoms with Gasteiger partial charge in [0.15, 0.2) is 5.79 Å². The van der Waals surface area contributed by atoms with Crippen LogP contribution in [0.3, 0.4) is 0 Å². The molecule has 2 aromatic heterocycles. The largest absolute Gasteiger partial charge is 0.372 e. The smallest absolute Gasteiger partial charge is 0.163 e. The van der Waals surface area contributed by atoms with Gasteiger partial charge in [-0.15, -0.1) is 0 Å². The zero-order valence-corrected chi connectivity index (χ0v) is 13.7. The van der Waals surface area contributed by atoms with Crippen LogP contribution in [0.1, 0.15) is 26.3 Å². The topological polar surface area (TPSA) is 87.2 Å². The monoisotopic (exact) mass is 317 g/mol. The Kier molecular flexibility index (Phi) is 3.33. The van der Waals surface area contributed by atoms with E-state index < -0.39 is 5.79 Å². The third-order valence-corrected chi connectivity index (χ3v) is 4.96. The lowest BCUT2D eigenvalue weighted by atomic mass is 10.1. The molecule has 124 valence electrons.